The van der Waals surface area contributed by atoms with Gasteiger partial charge >= 0.3 is 0 Å². The Hall–Kier alpha value is -3.06. The second kappa shape index (κ2) is 6.92. The fraction of sp³-hybridized carbons (Fsp3) is 0.200. The van der Waals surface area contributed by atoms with Crippen molar-refractivity contribution in [3.8, 4) is 11.3 Å². The molecule has 1 aliphatic heterocycles. The molecule has 1 amide bonds. The number of hydrogen-bond donors (Lipinski definition) is 2. The third-order valence-corrected chi connectivity index (χ3v) is 4.53. The van der Waals surface area contributed by atoms with Crippen molar-refractivity contribution in [2.45, 2.75) is 19.6 Å². The van der Waals surface area contributed by atoms with Crippen LogP contribution in [-0.4, -0.2) is 22.2 Å². The molecule has 0 unspecified atom stereocenters. The maximum Gasteiger partial charge on any atom is 0.269 e. The Morgan fingerprint density at radius 1 is 1.15 bits per heavy atom. The maximum absolute atomic E-state index is 13.4. The van der Waals surface area contributed by atoms with Crippen molar-refractivity contribution < 1.29 is 13.6 Å². The molecule has 0 radical (unpaired) electrons. The summed E-state index contributed by atoms with van der Waals surface area (Å²) >= 11 is 0. The number of carbonyl (C=O) groups is 1. The largest absolute Gasteiger partial charge is 0.347 e. The van der Waals surface area contributed by atoms with Crippen LogP contribution in [0.4, 0.5) is 8.78 Å². The zero-order chi connectivity index (χ0) is 19.0. The molecule has 2 heterocycles. The number of amides is 1. The van der Waals surface area contributed by atoms with Crippen LogP contribution in [0.5, 0.6) is 0 Å². The van der Waals surface area contributed by atoms with Gasteiger partial charge in [-0.05, 0) is 30.7 Å². The van der Waals surface area contributed by atoms with Crippen LogP contribution in [0.25, 0.3) is 11.3 Å². The number of halogens is 2. The molecule has 1 aromatic heterocycles. The highest BCUT2D eigenvalue weighted by Crippen LogP contribution is 2.23. The minimum atomic E-state index is -0.620. The van der Waals surface area contributed by atoms with Gasteiger partial charge in [0, 0.05) is 18.2 Å². The van der Waals surface area contributed by atoms with E-state index in [0.717, 1.165) is 17.2 Å². The molecule has 0 fully saturated rings. The molecule has 5 nitrogen and oxygen atoms in total. The van der Waals surface area contributed by atoms with Gasteiger partial charge in [-0.25, -0.2) is 13.5 Å². The first-order valence-electron chi connectivity index (χ1n) is 8.63. The SMILES string of the molecule is Cc1ccc(-c2cc3n(n2)[C@@H](NCc2cc(F)cc(F)c2)CNC3=O)cc1. The molecule has 0 saturated heterocycles. The minimum absolute atomic E-state index is 0.198. The summed E-state index contributed by atoms with van der Waals surface area (Å²) in [5.74, 6) is -1.44. The molecule has 2 N–H and O–H groups in total. The molecular formula is C20H18F2N4O. The monoisotopic (exact) mass is 368 g/mol. The van der Waals surface area contributed by atoms with Gasteiger partial charge in [-0.2, -0.15) is 5.10 Å². The van der Waals surface area contributed by atoms with Crippen LogP contribution in [-0.2, 0) is 6.54 Å². The van der Waals surface area contributed by atoms with Crippen molar-refractivity contribution in [2.24, 2.45) is 0 Å². The summed E-state index contributed by atoms with van der Waals surface area (Å²) < 4.78 is 28.4. The lowest BCUT2D eigenvalue weighted by Crippen LogP contribution is -2.45. The Bertz CT molecular complexity index is 977. The molecule has 27 heavy (non-hydrogen) atoms. The van der Waals surface area contributed by atoms with Gasteiger partial charge in [0.2, 0.25) is 0 Å². The van der Waals surface area contributed by atoms with Gasteiger partial charge in [0.25, 0.3) is 5.91 Å². The van der Waals surface area contributed by atoms with Gasteiger partial charge in [-0.3, -0.25) is 10.1 Å². The van der Waals surface area contributed by atoms with Crippen LogP contribution in [0.15, 0.2) is 48.5 Å². The van der Waals surface area contributed by atoms with Gasteiger partial charge in [-0.1, -0.05) is 29.8 Å². The number of aryl methyl sites for hydroxylation is 1. The van der Waals surface area contributed by atoms with Crippen molar-refractivity contribution in [3.05, 3.63) is 77.0 Å². The zero-order valence-corrected chi connectivity index (χ0v) is 14.7. The Labute approximate surface area is 155 Å². The number of benzene rings is 2. The summed E-state index contributed by atoms with van der Waals surface area (Å²) in [4.78, 5) is 12.2. The average Bonchev–Trinajstić information content (AvgIpc) is 3.07. The van der Waals surface area contributed by atoms with Crippen molar-refractivity contribution >= 4 is 5.91 Å². The van der Waals surface area contributed by atoms with Gasteiger partial charge in [0.15, 0.2) is 0 Å². The summed E-state index contributed by atoms with van der Waals surface area (Å²) in [6, 6.07) is 13.0. The molecule has 0 saturated carbocycles. The Morgan fingerprint density at radius 3 is 2.56 bits per heavy atom. The lowest BCUT2D eigenvalue weighted by Gasteiger charge is -2.25. The predicted octanol–water partition coefficient (Wildman–Crippen LogP) is 3.17. The van der Waals surface area contributed by atoms with Crippen molar-refractivity contribution in [3.63, 3.8) is 0 Å². The molecule has 0 bridgehead atoms. The van der Waals surface area contributed by atoms with E-state index in [1.54, 1.807) is 10.7 Å². The third-order valence-electron chi connectivity index (χ3n) is 4.53. The molecule has 138 valence electrons. The van der Waals surface area contributed by atoms with E-state index in [0.29, 0.717) is 23.5 Å². The van der Waals surface area contributed by atoms with Crippen molar-refractivity contribution in [1.82, 2.24) is 20.4 Å². The zero-order valence-electron chi connectivity index (χ0n) is 14.7. The number of fused-ring (bicyclic) bond motifs is 1. The Morgan fingerprint density at radius 2 is 1.85 bits per heavy atom. The second-order valence-corrected chi connectivity index (χ2v) is 6.61. The standard InChI is InChI=1S/C20H18F2N4O/c1-12-2-4-14(5-3-12)17-9-18-20(27)24-11-19(26(18)25-17)23-10-13-6-15(21)8-16(22)7-13/h2-9,19,23H,10-11H2,1H3,(H,24,27)/t19-/m1/s1. The van der Waals surface area contributed by atoms with Crippen LogP contribution in [0.1, 0.15) is 27.8 Å². The Balaban J connectivity index is 1.59. The first kappa shape index (κ1) is 17.4. The normalized spacial score (nSPS) is 16.1. The molecular weight excluding hydrogens is 350 g/mol. The molecule has 0 spiro atoms. The van der Waals surface area contributed by atoms with Gasteiger partial charge in [0.05, 0.1) is 12.2 Å². The first-order valence-corrected chi connectivity index (χ1v) is 8.63. The van der Waals surface area contributed by atoms with E-state index in [1.165, 1.54) is 12.1 Å². The van der Waals surface area contributed by atoms with E-state index in [9.17, 15) is 13.6 Å². The quantitative estimate of drug-likeness (QED) is 0.744. The van der Waals surface area contributed by atoms with Crippen LogP contribution < -0.4 is 10.6 Å². The fourth-order valence-electron chi connectivity index (χ4n) is 3.14. The molecule has 4 rings (SSSR count). The Kier molecular flexibility index (Phi) is 4.45. The summed E-state index contributed by atoms with van der Waals surface area (Å²) in [7, 11) is 0. The molecule has 7 heteroatoms. The highest BCUT2D eigenvalue weighted by molar-refractivity contribution is 5.94. The lowest BCUT2D eigenvalue weighted by molar-refractivity contribution is 0.0900. The highest BCUT2D eigenvalue weighted by atomic mass is 19.1. The number of aromatic nitrogens is 2. The van der Waals surface area contributed by atoms with E-state index in [2.05, 4.69) is 15.7 Å². The lowest BCUT2D eigenvalue weighted by atomic mass is 10.1. The summed E-state index contributed by atoms with van der Waals surface area (Å²) in [6.07, 6.45) is -0.316. The predicted molar refractivity (Wildman–Crippen MR) is 97.0 cm³/mol. The molecule has 3 aromatic rings. The maximum atomic E-state index is 13.4. The number of nitrogens with one attached hydrogen (secondary N) is 2. The van der Waals surface area contributed by atoms with Gasteiger partial charge in [0.1, 0.15) is 23.5 Å². The van der Waals surface area contributed by atoms with E-state index >= 15 is 0 Å². The van der Waals surface area contributed by atoms with E-state index in [4.69, 9.17) is 0 Å². The van der Waals surface area contributed by atoms with E-state index < -0.39 is 11.6 Å². The van der Waals surface area contributed by atoms with Crippen molar-refractivity contribution in [2.75, 3.05) is 6.54 Å². The number of carbonyl (C=O) groups excluding carboxylic acids is 1. The topological polar surface area (TPSA) is 59.0 Å². The van der Waals surface area contributed by atoms with Gasteiger partial charge in [-0.15, -0.1) is 0 Å². The van der Waals surface area contributed by atoms with Crippen molar-refractivity contribution in [1.29, 1.82) is 0 Å². The molecule has 1 aliphatic rings. The number of nitrogens with zero attached hydrogens (tertiary/aromatic N) is 2. The van der Waals surface area contributed by atoms with Gasteiger partial charge < -0.3 is 5.32 Å². The summed E-state index contributed by atoms with van der Waals surface area (Å²) in [5, 5.41) is 10.6. The van der Waals surface area contributed by atoms with Crippen LogP contribution in [0.2, 0.25) is 0 Å². The highest BCUT2D eigenvalue weighted by Gasteiger charge is 2.27. The van der Waals surface area contributed by atoms with E-state index in [-0.39, 0.29) is 18.6 Å². The van der Waals surface area contributed by atoms with E-state index in [1.807, 2.05) is 31.2 Å². The van der Waals surface area contributed by atoms with Crippen LogP contribution in [0.3, 0.4) is 0 Å². The minimum Gasteiger partial charge on any atom is -0.347 e. The first-order chi connectivity index (χ1) is 13.0. The number of hydrogen-bond acceptors (Lipinski definition) is 3. The smallest absolute Gasteiger partial charge is 0.269 e. The second-order valence-electron chi connectivity index (χ2n) is 6.61. The number of rotatable bonds is 4. The molecule has 2 aromatic carbocycles. The molecule has 1 atom stereocenters. The van der Waals surface area contributed by atoms with Crippen LogP contribution in [0, 0.1) is 18.6 Å². The average molecular weight is 368 g/mol. The van der Waals surface area contributed by atoms with Crippen LogP contribution >= 0.6 is 0 Å². The summed E-state index contributed by atoms with van der Waals surface area (Å²) in [6.45, 7) is 2.58. The summed E-state index contributed by atoms with van der Waals surface area (Å²) in [5.41, 5.74) is 3.69. The molecule has 0 aliphatic carbocycles. The third kappa shape index (κ3) is 3.59. The fourth-order valence-corrected chi connectivity index (χ4v) is 3.14.